The van der Waals surface area contributed by atoms with Gasteiger partial charge in [-0.25, -0.2) is 0 Å². The molecule has 0 amide bonds. The summed E-state index contributed by atoms with van der Waals surface area (Å²) in [5.41, 5.74) is 4.35. The van der Waals surface area contributed by atoms with Crippen LogP contribution in [0.25, 0.3) is 0 Å². The first-order chi connectivity index (χ1) is 5.04. The highest BCUT2D eigenvalue weighted by atomic mass is 16.4. The quantitative estimate of drug-likeness (QED) is 0.490. The fourth-order valence-electron chi connectivity index (χ4n) is 1.47. The third-order valence-corrected chi connectivity index (χ3v) is 2.19. The third kappa shape index (κ3) is 1.70. The summed E-state index contributed by atoms with van der Waals surface area (Å²) in [5.74, 6) is -1.00. The van der Waals surface area contributed by atoms with Crippen molar-refractivity contribution in [2.75, 3.05) is 0 Å². The van der Waals surface area contributed by atoms with Crippen molar-refractivity contribution in [3.63, 3.8) is 0 Å². The predicted octanol–water partition coefficient (Wildman–Crippen LogP) is -0.297. The second-order valence-electron chi connectivity index (χ2n) is 3.21. The lowest BCUT2D eigenvalue weighted by Crippen LogP contribution is -2.52. The second-order valence-corrected chi connectivity index (χ2v) is 3.21. The van der Waals surface area contributed by atoms with Gasteiger partial charge in [-0.05, 0) is 19.3 Å². The lowest BCUT2D eigenvalue weighted by Gasteiger charge is -2.31. The molecule has 0 aromatic heterocycles. The number of carboxylic acids is 1. The Balaban J connectivity index is 2.63. The number of aliphatic hydroxyl groups excluding tert-OH is 1. The maximum Gasteiger partial charge on any atom is 0.323 e. The van der Waals surface area contributed by atoms with E-state index < -0.39 is 17.6 Å². The Morgan fingerprint density at radius 3 is 2.64 bits per heavy atom. The van der Waals surface area contributed by atoms with Gasteiger partial charge in [0.2, 0.25) is 0 Å². The van der Waals surface area contributed by atoms with Crippen molar-refractivity contribution >= 4 is 5.97 Å². The zero-order valence-electron chi connectivity index (χ0n) is 6.29. The van der Waals surface area contributed by atoms with Gasteiger partial charge in [0.15, 0.2) is 0 Å². The minimum atomic E-state index is -1.18. The summed E-state index contributed by atoms with van der Waals surface area (Å²) >= 11 is 0. The van der Waals surface area contributed by atoms with Crippen LogP contribution in [-0.4, -0.2) is 27.8 Å². The van der Waals surface area contributed by atoms with Gasteiger partial charge in [-0.15, -0.1) is 0 Å². The Hall–Kier alpha value is -0.610. The molecule has 0 unspecified atom stereocenters. The van der Waals surface area contributed by atoms with Crippen LogP contribution in [0.4, 0.5) is 0 Å². The van der Waals surface area contributed by atoms with E-state index in [9.17, 15) is 4.79 Å². The number of rotatable bonds is 1. The van der Waals surface area contributed by atoms with Crippen molar-refractivity contribution in [1.29, 1.82) is 0 Å². The molecule has 1 saturated carbocycles. The van der Waals surface area contributed by atoms with E-state index in [0.717, 1.165) is 0 Å². The van der Waals surface area contributed by atoms with Crippen molar-refractivity contribution in [3.05, 3.63) is 0 Å². The number of carbonyl (C=O) groups is 1. The number of aliphatic carboxylic acids is 1. The molecule has 4 nitrogen and oxygen atoms in total. The Morgan fingerprint density at radius 2 is 2.27 bits per heavy atom. The van der Waals surface area contributed by atoms with Gasteiger partial charge in [0, 0.05) is 6.42 Å². The van der Waals surface area contributed by atoms with E-state index in [-0.39, 0.29) is 6.42 Å². The molecule has 4 heteroatoms. The monoisotopic (exact) mass is 159 g/mol. The standard InChI is InChI=1S/C7H13NO3/c8-7(6(10)11)3-1-2-5(9)4-7/h5,9H,1-4,8H2,(H,10,11)/t5-,7-/m1/s1. The summed E-state index contributed by atoms with van der Waals surface area (Å²) in [6, 6.07) is 0. The van der Waals surface area contributed by atoms with Crippen LogP contribution in [0.1, 0.15) is 25.7 Å². The van der Waals surface area contributed by atoms with Crippen LogP contribution in [0.15, 0.2) is 0 Å². The van der Waals surface area contributed by atoms with Crippen LogP contribution in [0.2, 0.25) is 0 Å². The third-order valence-electron chi connectivity index (χ3n) is 2.19. The zero-order valence-corrected chi connectivity index (χ0v) is 6.29. The van der Waals surface area contributed by atoms with E-state index in [1.807, 2.05) is 0 Å². The maximum absolute atomic E-state index is 10.6. The summed E-state index contributed by atoms with van der Waals surface area (Å²) in [6.45, 7) is 0. The van der Waals surface area contributed by atoms with Gasteiger partial charge in [0.25, 0.3) is 0 Å². The molecule has 0 bridgehead atoms. The Bertz CT molecular complexity index is 171. The van der Waals surface area contributed by atoms with E-state index in [1.54, 1.807) is 0 Å². The molecule has 0 heterocycles. The summed E-state index contributed by atoms with van der Waals surface area (Å²) < 4.78 is 0. The van der Waals surface area contributed by atoms with E-state index >= 15 is 0 Å². The summed E-state index contributed by atoms with van der Waals surface area (Å²) in [6.07, 6.45) is 1.49. The first-order valence-corrected chi connectivity index (χ1v) is 3.75. The van der Waals surface area contributed by atoms with Crippen LogP contribution < -0.4 is 5.73 Å². The Kier molecular flexibility index (Phi) is 2.15. The van der Waals surface area contributed by atoms with E-state index in [0.29, 0.717) is 19.3 Å². The van der Waals surface area contributed by atoms with Crippen LogP contribution in [-0.2, 0) is 4.79 Å². The van der Waals surface area contributed by atoms with Crippen molar-refractivity contribution in [3.8, 4) is 0 Å². The highest BCUT2D eigenvalue weighted by Gasteiger charge is 2.38. The van der Waals surface area contributed by atoms with Crippen molar-refractivity contribution in [2.45, 2.75) is 37.3 Å². The SMILES string of the molecule is N[C@]1(C(=O)O)CCC[C@@H](O)C1. The Labute approximate surface area is 65.0 Å². The van der Waals surface area contributed by atoms with Crippen LogP contribution in [0.3, 0.4) is 0 Å². The maximum atomic E-state index is 10.6. The molecule has 2 atom stereocenters. The molecule has 1 aliphatic rings. The van der Waals surface area contributed by atoms with Gasteiger partial charge >= 0.3 is 5.97 Å². The number of hydrogen-bond donors (Lipinski definition) is 3. The van der Waals surface area contributed by atoms with Gasteiger partial charge in [-0.3, -0.25) is 4.79 Å². The lowest BCUT2D eigenvalue weighted by atomic mass is 9.81. The van der Waals surface area contributed by atoms with E-state index in [1.165, 1.54) is 0 Å². The first kappa shape index (κ1) is 8.49. The molecule has 0 aromatic rings. The minimum absolute atomic E-state index is 0.183. The van der Waals surface area contributed by atoms with Gasteiger partial charge in [-0.1, -0.05) is 0 Å². The molecule has 4 N–H and O–H groups in total. The molecule has 0 saturated heterocycles. The van der Waals surface area contributed by atoms with Crippen molar-refractivity contribution in [2.24, 2.45) is 5.73 Å². The van der Waals surface area contributed by atoms with Crippen LogP contribution in [0, 0.1) is 0 Å². The first-order valence-electron chi connectivity index (χ1n) is 3.75. The molecule has 1 rings (SSSR count). The van der Waals surface area contributed by atoms with Gasteiger partial charge < -0.3 is 15.9 Å². The fraction of sp³-hybridized carbons (Fsp3) is 0.857. The molecule has 0 spiro atoms. The highest BCUT2D eigenvalue weighted by Crippen LogP contribution is 2.26. The number of carboxylic acid groups (broad SMARTS) is 1. The minimum Gasteiger partial charge on any atom is -0.480 e. The lowest BCUT2D eigenvalue weighted by molar-refractivity contribution is -0.146. The van der Waals surface area contributed by atoms with E-state index in [4.69, 9.17) is 15.9 Å². The molecule has 1 aliphatic carbocycles. The number of aliphatic hydroxyl groups is 1. The molecule has 1 fully saturated rings. The normalized spacial score (nSPS) is 38.5. The van der Waals surface area contributed by atoms with Gasteiger partial charge in [0.05, 0.1) is 6.10 Å². The highest BCUT2D eigenvalue weighted by molar-refractivity contribution is 5.78. The van der Waals surface area contributed by atoms with E-state index in [2.05, 4.69) is 0 Å². The van der Waals surface area contributed by atoms with Gasteiger partial charge in [0.1, 0.15) is 5.54 Å². The molecular formula is C7H13NO3. The van der Waals surface area contributed by atoms with Crippen LogP contribution >= 0.6 is 0 Å². The largest absolute Gasteiger partial charge is 0.480 e. The molecule has 0 aromatic carbocycles. The Morgan fingerprint density at radius 1 is 1.64 bits per heavy atom. The summed E-state index contributed by atoms with van der Waals surface area (Å²) in [5, 5.41) is 17.8. The predicted molar refractivity (Wildman–Crippen MR) is 39.0 cm³/mol. The number of hydrogen-bond acceptors (Lipinski definition) is 3. The molecule has 64 valence electrons. The second kappa shape index (κ2) is 2.79. The van der Waals surface area contributed by atoms with Crippen molar-refractivity contribution < 1.29 is 15.0 Å². The molecule has 0 radical (unpaired) electrons. The number of nitrogens with two attached hydrogens (primary N) is 1. The van der Waals surface area contributed by atoms with Gasteiger partial charge in [-0.2, -0.15) is 0 Å². The van der Waals surface area contributed by atoms with Crippen LogP contribution in [0.5, 0.6) is 0 Å². The molecule has 0 aliphatic heterocycles. The van der Waals surface area contributed by atoms with Crippen molar-refractivity contribution in [1.82, 2.24) is 0 Å². The summed E-state index contributed by atoms with van der Waals surface area (Å²) in [4.78, 5) is 10.6. The molecular weight excluding hydrogens is 146 g/mol. The topological polar surface area (TPSA) is 83.6 Å². The average Bonchev–Trinajstić information content (AvgIpc) is 1.86. The smallest absolute Gasteiger partial charge is 0.323 e. The fourth-order valence-corrected chi connectivity index (χ4v) is 1.47. The average molecular weight is 159 g/mol. The summed E-state index contributed by atoms with van der Waals surface area (Å²) in [7, 11) is 0. The molecule has 11 heavy (non-hydrogen) atoms. The zero-order chi connectivity index (χ0) is 8.48.